The van der Waals surface area contributed by atoms with Crippen molar-refractivity contribution in [1.82, 2.24) is 35.3 Å². The highest BCUT2D eigenvalue weighted by Crippen LogP contribution is 2.24. The van der Waals surface area contributed by atoms with Crippen LogP contribution in [0.15, 0.2) is 40.8 Å². The molecule has 1 unspecified atom stereocenters. The molecule has 0 spiro atoms. The van der Waals surface area contributed by atoms with E-state index in [-0.39, 0.29) is 24.2 Å². The molecule has 3 aromatic rings. The van der Waals surface area contributed by atoms with Gasteiger partial charge in [0.25, 0.3) is 0 Å². The number of benzene rings is 1. The number of carbonyl (C=O) groups excluding carboxylic acids is 2. The van der Waals surface area contributed by atoms with Crippen LogP contribution in [-0.2, 0) is 16.1 Å². The topological polar surface area (TPSA) is 109 Å². The predicted octanol–water partition coefficient (Wildman–Crippen LogP) is 3.60. The van der Waals surface area contributed by atoms with Crippen LogP contribution in [0.3, 0.4) is 0 Å². The van der Waals surface area contributed by atoms with E-state index < -0.39 is 17.4 Å². The number of aromatic nitrogens is 4. The highest BCUT2D eigenvalue weighted by Gasteiger charge is 2.33. The number of nitrogens with zero attached hydrogens (tertiary/aromatic N) is 6. The Hall–Kier alpha value is -3.60. The van der Waals surface area contributed by atoms with Gasteiger partial charge in [-0.25, -0.2) is 4.39 Å². The van der Waals surface area contributed by atoms with Crippen LogP contribution >= 0.6 is 0 Å². The summed E-state index contributed by atoms with van der Waals surface area (Å²) < 4.78 is 19.3. The molecular weight excluding hydrogens is 489 g/mol. The summed E-state index contributed by atoms with van der Waals surface area (Å²) in [7, 11) is 0. The molecule has 1 aromatic carbocycles. The van der Waals surface area contributed by atoms with E-state index in [9.17, 15) is 14.0 Å². The highest BCUT2D eigenvalue weighted by molar-refractivity contribution is 5.89. The number of furan rings is 1. The molecule has 2 heterocycles. The fraction of sp³-hybridized carbons (Fsp3) is 0.519. The minimum Gasteiger partial charge on any atom is -0.458 e. The van der Waals surface area contributed by atoms with E-state index in [0.29, 0.717) is 30.0 Å². The average molecular weight is 528 g/mol. The molecule has 2 aromatic heterocycles. The fourth-order valence-electron chi connectivity index (χ4n) is 4.13. The van der Waals surface area contributed by atoms with Gasteiger partial charge in [0, 0.05) is 12.1 Å². The summed E-state index contributed by atoms with van der Waals surface area (Å²) in [6.07, 6.45) is 0.648. The number of nitrogens with one attached hydrogen (secondary N) is 1. The SMILES string of the molecule is CCN(CC)CCCN(C(=O)Cn1nnc(-c2ccc(C)o2)n1)C(C(=O)NC(C)(C)C)c1ccc(F)cc1. The molecule has 11 heteroatoms. The van der Waals surface area contributed by atoms with E-state index >= 15 is 0 Å². The number of rotatable bonds is 12. The van der Waals surface area contributed by atoms with Gasteiger partial charge in [0.05, 0.1) is 0 Å². The van der Waals surface area contributed by atoms with Gasteiger partial charge in [-0.15, -0.1) is 10.2 Å². The van der Waals surface area contributed by atoms with Crippen LogP contribution in [0.25, 0.3) is 11.6 Å². The van der Waals surface area contributed by atoms with E-state index in [0.717, 1.165) is 19.6 Å². The van der Waals surface area contributed by atoms with E-state index in [4.69, 9.17) is 4.42 Å². The summed E-state index contributed by atoms with van der Waals surface area (Å²) in [4.78, 5) is 32.3. The molecule has 0 saturated carbocycles. The van der Waals surface area contributed by atoms with Crippen molar-refractivity contribution in [3.05, 3.63) is 53.5 Å². The molecule has 10 nitrogen and oxygen atoms in total. The molecule has 0 aliphatic carbocycles. The Balaban J connectivity index is 1.91. The molecule has 0 bridgehead atoms. The summed E-state index contributed by atoms with van der Waals surface area (Å²) in [6.45, 7) is 14.2. The van der Waals surface area contributed by atoms with Crippen molar-refractivity contribution in [3.63, 3.8) is 0 Å². The second kappa shape index (κ2) is 12.8. The lowest BCUT2D eigenvalue weighted by Gasteiger charge is -2.34. The van der Waals surface area contributed by atoms with Gasteiger partial charge in [-0.2, -0.15) is 4.80 Å². The van der Waals surface area contributed by atoms with Gasteiger partial charge in [-0.05, 0) is 88.8 Å². The van der Waals surface area contributed by atoms with Gasteiger partial charge in [0.15, 0.2) is 5.76 Å². The molecule has 206 valence electrons. The predicted molar refractivity (Wildman–Crippen MR) is 141 cm³/mol. The first-order valence-corrected chi connectivity index (χ1v) is 12.9. The molecule has 38 heavy (non-hydrogen) atoms. The van der Waals surface area contributed by atoms with Crippen LogP contribution in [0.4, 0.5) is 4.39 Å². The maximum atomic E-state index is 13.8. The highest BCUT2D eigenvalue weighted by atomic mass is 19.1. The number of amides is 2. The number of tetrazole rings is 1. The molecule has 1 N–H and O–H groups in total. The second-order valence-corrected chi connectivity index (χ2v) is 10.2. The van der Waals surface area contributed by atoms with Crippen LogP contribution in [0, 0.1) is 12.7 Å². The van der Waals surface area contributed by atoms with Gasteiger partial charge in [0.2, 0.25) is 17.6 Å². The number of carbonyl (C=O) groups is 2. The summed E-state index contributed by atoms with van der Waals surface area (Å²) in [5, 5.41) is 15.3. The third kappa shape index (κ3) is 7.95. The third-order valence-corrected chi connectivity index (χ3v) is 6.02. The third-order valence-electron chi connectivity index (χ3n) is 6.02. The Kier molecular flexibility index (Phi) is 9.73. The van der Waals surface area contributed by atoms with Gasteiger partial charge >= 0.3 is 0 Å². The van der Waals surface area contributed by atoms with Gasteiger partial charge in [-0.3, -0.25) is 9.59 Å². The van der Waals surface area contributed by atoms with E-state index in [2.05, 4.69) is 39.5 Å². The molecule has 0 aliphatic heterocycles. The number of hydrogen-bond donors (Lipinski definition) is 1. The van der Waals surface area contributed by atoms with E-state index in [1.54, 1.807) is 12.1 Å². The molecule has 0 radical (unpaired) electrons. The van der Waals surface area contributed by atoms with E-state index in [1.165, 1.54) is 34.0 Å². The van der Waals surface area contributed by atoms with Crippen molar-refractivity contribution in [2.75, 3.05) is 26.2 Å². The number of aryl methyl sites for hydroxylation is 1. The molecule has 3 rings (SSSR count). The van der Waals surface area contributed by atoms with Crippen molar-refractivity contribution in [2.45, 2.75) is 66.1 Å². The average Bonchev–Trinajstić information content (AvgIpc) is 3.49. The minimum absolute atomic E-state index is 0.224. The smallest absolute Gasteiger partial charge is 0.247 e. The van der Waals surface area contributed by atoms with Crippen molar-refractivity contribution >= 4 is 11.8 Å². The normalized spacial score (nSPS) is 12.5. The minimum atomic E-state index is -0.963. The Morgan fingerprint density at radius 1 is 1.08 bits per heavy atom. The summed E-state index contributed by atoms with van der Waals surface area (Å²) in [5.74, 6) is 0.293. The quantitative estimate of drug-likeness (QED) is 0.383. The molecule has 2 amide bonds. The zero-order chi connectivity index (χ0) is 27.9. The fourth-order valence-corrected chi connectivity index (χ4v) is 4.13. The Morgan fingerprint density at radius 2 is 1.76 bits per heavy atom. The Morgan fingerprint density at radius 3 is 2.34 bits per heavy atom. The van der Waals surface area contributed by atoms with Crippen molar-refractivity contribution in [1.29, 1.82) is 0 Å². The van der Waals surface area contributed by atoms with Crippen molar-refractivity contribution in [3.8, 4) is 11.6 Å². The molecule has 0 saturated heterocycles. The second-order valence-electron chi connectivity index (χ2n) is 10.2. The first-order valence-electron chi connectivity index (χ1n) is 12.9. The standard InChI is InChI=1S/C27H38FN7O3/c1-7-33(8-2)16-9-17-34(23(36)18-35-31-25(30-32-35)22-15-10-19(3)38-22)24(26(37)29-27(4,5)6)20-11-13-21(28)14-12-20/h10-15,24H,7-9,16-18H2,1-6H3,(H,29,37). The zero-order valence-corrected chi connectivity index (χ0v) is 23.1. The maximum Gasteiger partial charge on any atom is 0.247 e. The molecule has 0 fully saturated rings. The van der Waals surface area contributed by atoms with Gasteiger partial charge < -0.3 is 19.5 Å². The Labute approximate surface area is 223 Å². The lowest BCUT2D eigenvalue weighted by molar-refractivity contribution is -0.142. The lowest BCUT2D eigenvalue weighted by Crippen LogP contribution is -2.50. The van der Waals surface area contributed by atoms with Gasteiger partial charge in [-0.1, -0.05) is 26.0 Å². The molecule has 1 atom stereocenters. The van der Waals surface area contributed by atoms with Crippen LogP contribution in [0.2, 0.25) is 0 Å². The molecular formula is C27H38FN7O3. The summed E-state index contributed by atoms with van der Waals surface area (Å²) in [5.41, 5.74) is -0.0166. The maximum absolute atomic E-state index is 13.8. The van der Waals surface area contributed by atoms with Crippen molar-refractivity contribution < 1.29 is 18.4 Å². The van der Waals surface area contributed by atoms with Crippen LogP contribution < -0.4 is 5.32 Å². The van der Waals surface area contributed by atoms with Crippen molar-refractivity contribution in [2.24, 2.45) is 0 Å². The lowest BCUT2D eigenvalue weighted by atomic mass is 10.0. The Bertz CT molecular complexity index is 1200. The largest absolute Gasteiger partial charge is 0.458 e. The van der Waals surface area contributed by atoms with E-state index in [1.807, 2.05) is 27.7 Å². The van der Waals surface area contributed by atoms with Crippen LogP contribution in [0.1, 0.15) is 58.4 Å². The molecule has 0 aliphatic rings. The number of hydrogen-bond acceptors (Lipinski definition) is 7. The first-order chi connectivity index (χ1) is 18.0. The summed E-state index contributed by atoms with van der Waals surface area (Å²) in [6, 6.07) is 8.23. The number of halogens is 1. The summed E-state index contributed by atoms with van der Waals surface area (Å²) >= 11 is 0. The first kappa shape index (κ1) is 29.0. The zero-order valence-electron chi connectivity index (χ0n) is 23.1. The van der Waals surface area contributed by atoms with Crippen LogP contribution in [0.5, 0.6) is 0 Å². The van der Waals surface area contributed by atoms with Gasteiger partial charge in [0.1, 0.15) is 24.2 Å². The van der Waals surface area contributed by atoms with Crippen LogP contribution in [-0.4, -0.2) is 73.5 Å². The monoisotopic (exact) mass is 527 g/mol.